The van der Waals surface area contributed by atoms with E-state index in [0.717, 1.165) is 0 Å². The number of carbonyl (C=O) groups is 2. The normalized spacial score (nSPS) is 12.7. The Labute approximate surface area is 197 Å². The minimum Gasteiger partial charge on any atom is -0.449 e. The van der Waals surface area contributed by atoms with Crippen molar-refractivity contribution in [1.82, 2.24) is 10.6 Å². The van der Waals surface area contributed by atoms with Gasteiger partial charge in [-0.2, -0.15) is 0 Å². The Kier molecular flexibility index (Phi) is 8.90. The first-order chi connectivity index (χ1) is 15.4. The molecule has 172 valence electrons. The standard InChI is InChI=1S/C24H30N2O4S2/c1-24(2,16-27)32-31-14-11-22(28)25-12-13-26-23(29)30-15-21-19-9-5-3-7-17(19)18-8-4-6-10-20(18)21/h3-10,21,27H,11-16H2,1-2H3,(H,25,28)(H,26,29). The monoisotopic (exact) mass is 474 g/mol. The Morgan fingerprint density at radius 3 is 2.22 bits per heavy atom. The number of nitrogens with one attached hydrogen (secondary N) is 2. The minimum atomic E-state index is -0.487. The molecule has 2 aromatic rings. The van der Waals surface area contributed by atoms with Crippen molar-refractivity contribution >= 4 is 33.6 Å². The van der Waals surface area contributed by atoms with Crippen molar-refractivity contribution in [2.75, 3.05) is 32.1 Å². The molecule has 0 spiro atoms. The number of rotatable bonds is 11. The van der Waals surface area contributed by atoms with Crippen LogP contribution in [0.1, 0.15) is 37.3 Å². The smallest absolute Gasteiger partial charge is 0.407 e. The van der Waals surface area contributed by atoms with Crippen molar-refractivity contribution in [3.05, 3.63) is 59.7 Å². The fraction of sp³-hybridized carbons (Fsp3) is 0.417. The maximum Gasteiger partial charge on any atom is 0.407 e. The molecular weight excluding hydrogens is 444 g/mol. The zero-order valence-electron chi connectivity index (χ0n) is 18.4. The van der Waals surface area contributed by atoms with E-state index >= 15 is 0 Å². The second-order valence-electron chi connectivity index (χ2n) is 8.18. The highest BCUT2D eigenvalue weighted by Crippen LogP contribution is 2.44. The van der Waals surface area contributed by atoms with Gasteiger partial charge in [0.05, 0.1) is 6.61 Å². The van der Waals surface area contributed by atoms with Gasteiger partial charge in [0.15, 0.2) is 0 Å². The molecule has 3 N–H and O–H groups in total. The number of aliphatic hydroxyl groups excluding tert-OH is 1. The maximum absolute atomic E-state index is 12.1. The third kappa shape index (κ3) is 6.67. The summed E-state index contributed by atoms with van der Waals surface area (Å²) in [6.07, 6.45) is -0.0938. The Morgan fingerprint density at radius 2 is 1.59 bits per heavy atom. The van der Waals surface area contributed by atoms with E-state index in [2.05, 4.69) is 34.9 Å². The average molecular weight is 475 g/mol. The van der Waals surface area contributed by atoms with Crippen LogP contribution in [-0.2, 0) is 9.53 Å². The molecule has 0 saturated heterocycles. The van der Waals surface area contributed by atoms with Crippen LogP contribution in [0.5, 0.6) is 0 Å². The largest absolute Gasteiger partial charge is 0.449 e. The first kappa shape index (κ1) is 24.5. The van der Waals surface area contributed by atoms with Crippen molar-refractivity contribution in [3.8, 4) is 11.1 Å². The van der Waals surface area contributed by atoms with E-state index in [4.69, 9.17) is 4.74 Å². The van der Waals surface area contributed by atoms with Crippen LogP contribution < -0.4 is 10.6 Å². The van der Waals surface area contributed by atoms with Crippen molar-refractivity contribution < 1.29 is 19.4 Å². The summed E-state index contributed by atoms with van der Waals surface area (Å²) >= 11 is 0. The van der Waals surface area contributed by atoms with Gasteiger partial charge in [0.25, 0.3) is 0 Å². The van der Waals surface area contributed by atoms with E-state index < -0.39 is 6.09 Å². The Hall–Kier alpha value is -2.16. The van der Waals surface area contributed by atoms with E-state index in [1.54, 1.807) is 21.6 Å². The van der Waals surface area contributed by atoms with E-state index in [1.165, 1.54) is 22.3 Å². The van der Waals surface area contributed by atoms with Gasteiger partial charge in [-0.05, 0) is 36.1 Å². The van der Waals surface area contributed by atoms with E-state index in [0.29, 0.717) is 25.3 Å². The molecule has 0 aliphatic heterocycles. The molecule has 0 heterocycles. The van der Waals surface area contributed by atoms with Gasteiger partial charge in [0.2, 0.25) is 5.91 Å². The molecule has 8 heteroatoms. The first-order valence-electron chi connectivity index (χ1n) is 10.7. The van der Waals surface area contributed by atoms with Crippen LogP contribution in [0.3, 0.4) is 0 Å². The summed E-state index contributed by atoms with van der Waals surface area (Å²) < 4.78 is 5.27. The summed E-state index contributed by atoms with van der Waals surface area (Å²) in [6, 6.07) is 16.4. The lowest BCUT2D eigenvalue weighted by Crippen LogP contribution is -2.35. The topological polar surface area (TPSA) is 87.7 Å². The number of amides is 2. The predicted octanol–water partition coefficient (Wildman–Crippen LogP) is 4.18. The zero-order chi connectivity index (χ0) is 23.0. The Morgan fingerprint density at radius 1 is 1.00 bits per heavy atom. The summed E-state index contributed by atoms with van der Waals surface area (Å²) in [5, 5.41) is 14.7. The molecule has 1 aliphatic rings. The summed E-state index contributed by atoms with van der Waals surface area (Å²) in [7, 11) is 3.15. The molecule has 0 fully saturated rings. The van der Waals surface area contributed by atoms with E-state index in [-0.39, 0.29) is 29.8 Å². The van der Waals surface area contributed by atoms with Crippen LogP contribution >= 0.6 is 21.6 Å². The highest BCUT2D eigenvalue weighted by atomic mass is 33.1. The van der Waals surface area contributed by atoms with Crippen LogP contribution in [-0.4, -0.2) is 53.9 Å². The molecule has 0 radical (unpaired) electrons. The SMILES string of the molecule is CC(C)(CO)SSCCC(=O)NCCNC(=O)OCC1c2ccccc2-c2ccccc21. The number of carbonyl (C=O) groups excluding carboxylic acids is 2. The fourth-order valence-corrected chi connectivity index (χ4v) is 5.81. The van der Waals surface area contributed by atoms with Crippen molar-refractivity contribution in [2.45, 2.75) is 30.9 Å². The summed E-state index contributed by atoms with van der Waals surface area (Å²) in [5.74, 6) is 0.632. The fourth-order valence-electron chi connectivity index (χ4n) is 3.47. The number of hydrogen-bond acceptors (Lipinski definition) is 6. The summed E-state index contributed by atoms with van der Waals surface area (Å²) in [6.45, 7) is 4.94. The molecule has 32 heavy (non-hydrogen) atoms. The third-order valence-electron chi connectivity index (χ3n) is 5.14. The zero-order valence-corrected chi connectivity index (χ0v) is 20.1. The quantitative estimate of drug-likeness (QED) is 0.334. The molecule has 6 nitrogen and oxygen atoms in total. The third-order valence-corrected chi connectivity index (χ3v) is 8.41. The van der Waals surface area contributed by atoms with Crippen molar-refractivity contribution in [3.63, 3.8) is 0 Å². The summed E-state index contributed by atoms with van der Waals surface area (Å²) in [5.41, 5.74) is 4.73. The van der Waals surface area contributed by atoms with Gasteiger partial charge in [-0.25, -0.2) is 4.79 Å². The van der Waals surface area contributed by atoms with Crippen LogP contribution in [0.25, 0.3) is 11.1 Å². The second-order valence-corrected chi connectivity index (χ2v) is 11.3. The number of alkyl carbamates (subject to hydrolysis) is 1. The lowest BCUT2D eigenvalue weighted by Gasteiger charge is -2.19. The number of hydrogen-bond donors (Lipinski definition) is 3. The number of ether oxygens (including phenoxy) is 1. The number of benzene rings is 2. The molecule has 2 amide bonds. The molecule has 2 aromatic carbocycles. The van der Waals surface area contributed by atoms with Crippen LogP contribution in [0.2, 0.25) is 0 Å². The van der Waals surface area contributed by atoms with Crippen molar-refractivity contribution in [1.29, 1.82) is 0 Å². The Balaban J connectivity index is 1.34. The highest BCUT2D eigenvalue weighted by molar-refractivity contribution is 8.77. The molecule has 0 unspecified atom stereocenters. The van der Waals surface area contributed by atoms with Gasteiger partial charge in [0.1, 0.15) is 6.61 Å². The molecule has 0 aromatic heterocycles. The number of fused-ring (bicyclic) bond motifs is 3. The maximum atomic E-state index is 12.1. The Bertz CT molecular complexity index is 890. The lowest BCUT2D eigenvalue weighted by molar-refractivity contribution is -0.120. The van der Waals surface area contributed by atoms with Gasteiger partial charge in [-0.15, -0.1) is 0 Å². The van der Waals surface area contributed by atoms with Crippen LogP contribution in [0, 0.1) is 0 Å². The number of aliphatic hydroxyl groups is 1. The summed E-state index contributed by atoms with van der Waals surface area (Å²) in [4.78, 5) is 24.0. The van der Waals surface area contributed by atoms with Gasteiger partial charge in [-0.1, -0.05) is 70.1 Å². The minimum absolute atomic E-state index is 0.0269. The van der Waals surface area contributed by atoms with E-state index in [9.17, 15) is 14.7 Å². The van der Waals surface area contributed by atoms with Gasteiger partial charge in [-0.3, -0.25) is 4.79 Å². The molecule has 0 atom stereocenters. The van der Waals surface area contributed by atoms with Gasteiger partial charge in [0, 0.05) is 35.9 Å². The molecule has 3 rings (SSSR count). The highest BCUT2D eigenvalue weighted by Gasteiger charge is 2.28. The molecule has 1 aliphatic carbocycles. The van der Waals surface area contributed by atoms with Crippen molar-refractivity contribution in [2.24, 2.45) is 0 Å². The molecule has 0 bridgehead atoms. The molecular formula is C24H30N2O4S2. The predicted molar refractivity (Wildman–Crippen MR) is 132 cm³/mol. The van der Waals surface area contributed by atoms with E-state index in [1.807, 2.05) is 38.1 Å². The second kappa shape index (κ2) is 11.6. The van der Waals surface area contributed by atoms with Gasteiger partial charge >= 0.3 is 6.09 Å². The molecule has 0 saturated carbocycles. The lowest BCUT2D eigenvalue weighted by atomic mass is 9.98. The van der Waals surface area contributed by atoms with Crippen LogP contribution in [0.15, 0.2) is 48.5 Å². The average Bonchev–Trinajstić information content (AvgIpc) is 3.12. The first-order valence-corrected chi connectivity index (χ1v) is 13.0. The van der Waals surface area contributed by atoms with Crippen LogP contribution in [0.4, 0.5) is 4.79 Å². The van der Waals surface area contributed by atoms with Gasteiger partial charge < -0.3 is 20.5 Å².